The fourth-order valence-corrected chi connectivity index (χ4v) is 3.62. The molecule has 2 atom stereocenters. The molecule has 130 valence electrons. The van der Waals surface area contributed by atoms with Crippen LogP contribution in [0, 0.1) is 0 Å². The summed E-state index contributed by atoms with van der Waals surface area (Å²) >= 11 is 0. The van der Waals surface area contributed by atoms with Crippen molar-refractivity contribution in [3.8, 4) is 0 Å². The van der Waals surface area contributed by atoms with Crippen molar-refractivity contribution in [3.63, 3.8) is 0 Å². The van der Waals surface area contributed by atoms with E-state index >= 15 is 0 Å². The molecule has 0 bridgehead atoms. The molecule has 0 heterocycles. The second-order valence-corrected chi connectivity index (χ2v) is 12.4. The maximum absolute atomic E-state index is 6.63. The van der Waals surface area contributed by atoms with Crippen LogP contribution in [0.1, 0.15) is 46.1 Å². The number of hydrogen-bond acceptors (Lipinski definition) is 2. The molecule has 0 aromatic heterocycles. The van der Waals surface area contributed by atoms with Crippen molar-refractivity contribution in [2.24, 2.45) is 0 Å². The summed E-state index contributed by atoms with van der Waals surface area (Å²) < 4.78 is 12.8. The molecule has 0 aliphatic carbocycles. The fraction of sp³-hybridized carbons (Fsp3) is 0.600. The standard InChI is InChI=1S/C20H34O2Si/c1-8-13-19(22-23(6,7)20(3,4)5)18(9-2)21-16-17-14-11-10-12-15-17/h8,10-12,14-15,18-19H,1,9,13,16H2,2-7H3/t18-,19-/m1/s1. The first kappa shape index (κ1) is 20.1. The van der Waals surface area contributed by atoms with Gasteiger partial charge in [0.05, 0.1) is 18.8 Å². The van der Waals surface area contributed by atoms with E-state index in [-0.39, 0.29) is 17.2 Å². The minimum Gasteiger partial charge on any atom is -0.411 e. The van der Waals surface area contributed by atoms with Gasteiger partial charge in [0.25, 0.3) is 0 Å². The van der Waals surface area contributed by atoms with E-state index in [4.69, 9.17) is 9.16 Å². The van der Waals surface area contributed by atoms with Crippen LogP contribution in [0.5, 0.6) is 0 Å². The van der Waals surface area contributed by atoms with Gasteiger partial charge in [0.2, 0.25) is 0 Å². The van der Waals surface area contributed by atoms with Crippen LogP contribution in [0.4, 0.5) is 0 Å². The van der Waals surface area contributed by atoms with Gasteiger partial charge in [0.1, 0.15) is 0 Å². The molecule has 0 spiro atoms. The lowest BCUT2D eigenvalue weighted by molar-refractivity contribution is -0.0401. The highest BCUT2D eigenvalue weighted by Gasteiger charge is 2.40. The van der Waals surface area contributed by atoms with Gasteiger partial charge in [-0.15, -0.1) is 6.58 Å². The highest BCUT2D eigenvalue weighted by molar-refractivity contribution is 6.74. The molecule has 1 aromatic rings. The van der Waals surface area contributed by atoms with Crippen LogP contribution >= 0.6 is 0 Å². The molecule has 0 saturated carbocycles. The van der Waals surface area contributed by atoms with Crippen molar-refractivity contribution in [1.82, 2.24) is 0 Å². The number of ether oxygens (including phenoxy) is 1. The second kappa shape index (κ2) is 8.81. The molecule has 0 radical (unpaired) electrons. The van der Waals surface area contributed by atoms with Gasteiger partial charge in [-0.05, 0) is 36.5 Å². The quantitative estimate of drug-likeness (QED) is 0.410. The lowest BCUT2D eigenvalue weighted by atomic mass is 10.1. The van der Waals surface area contributed by atoms with Gasteiger partial charge in [-0.3, -0.25) is 0 Å². The Morgan fingerprint density at radius 3 is 2.22 bits per heavy atom. The Morgan fingerprint density at radius 1 is 1.13 bits per heavy atom. The molecule has 0 N–H and O–H groups in total. The third-order valence-corrected chi connectivity index (χ3v) is 9.28. The summed E-state index contributed by atoms with van der Waals surface area (Å²) in [6.45, 7) is 18.1. The van der Waals surface area contributed by atoms with E-state index in [0.717, 1.165) is 12.8 Å². The molecule has 3 heteroatoms. The SMILES string of the molecule is C=CC[C@@H](O[Si](C)(C)C(C)(C)C)[C@@H](CC)OCc1ccccc1. The van der Waals surface area contributed by atoms with Crippen LogP contribution < -0.4 is 0 Å². The summed E-state index contributed by atoms with van der Waals surface area (Å²) in [5, 5.41) is 0.199. The Labute approximate surface area is 144 Å². The van der Waals surface area contributed by atoms with E-state index in [1.165, 1.54) is 5.56 Å². The summed E-state index contributed by atoms with van der Waals surface area (Å²) in [5.41, 5.74) is 1.20. The van der Waals surface area contributed by atoms with Crippen LogP contribution in [0.25, 0.3) is 0 Å². The van der Waals surface area contributed by atoms with Crippen molar-refractivity contribution in [1.29, 1.82) is 0 Å². The highest BCUT2D eigenvalue weighted by atomic mass is 28.4. The van der Waals surface area contributed by atoms with E-state index in [2.05, 4.69) is 59.5 Å². The molecule has 0 unspecified atom stereocenters. The number of hydrogen-bond donors (Lipinski definition) is 0. The van der Waals surface area contributed by atoms with Crippen LogP contribution in [0.2, 0.25) is 18.1 Å². The fourth-order valence-electron chi connectivity index (χ4n) is 2.26. The average Bonchev–Trinajstić information content (AvgIpc) is 2.47. The van der Waals surface area contributed by atoms with Crippen molar-refractivity contribution >= 4 is 8.32 Å². The summed E-state index contributed by atoms with van der Waals surface area (Å²) in [5.74, 6) is 0. The molecule has 1 aromatic carbocycles. The number of benzene rings is 1. The van der Waals surface area contributed by atoms with Crippen molar-refractivity contribution in [3.05, 3.63) is 48.6 Å². The molecule has 2 nitrogen and oxygen atoms in total. The topological polar surface area (TPSA) is 18.5 Å². The smallest absolute Gasteiger partial charge is 0.192 e. The van der Waals surface area contributed by atoms with Crippen LogP contribution in [0.15, 0.2) is 43.0 Å². The summed E-state index contributed by atoms with van der Waals surface area (Å²) in [7, 11) is -1.82. The predicted octanol–water partition coefficient (Wildman–Crippen LogP) is 5.95. The van der Waals surface area contributed by atoms with E-state index in [0.29, 0.717) is 6.61 Å². The lowest BCUT2D eigenvalue weighted by Gasteiger charge is -2.41. The third-order valence-electron chi connectivity index (χ3n) is 4.78. The highest BCUT2D eigenvalue weighted by Crippen LogP contribution is 2.38. The molecule has 0 saturated heterocycles. The Balaban J connectivity index is 2.77. The van der Waals surface area contributed by atoms with E-state index in [1.807, 2.05) is 24.3 Å². The molecule has 0 aliphatic heterocycles. The summed E-state index contributed by atoms with van der Waals surface area (Å²) in [6.07, 6.45) is 3.91. The summed E-state index contributed by atoms with van der Waals surface area (Å²) in [6, 6.07) is 10.3. The second-order valence-electron chi connectivity index (χ2n) is 7.68. The molecule has 0 fully saturated rings. The normalized spacial score (nSPS) is 15.2. The van der Waals surface area contributed by atoms with Gasteiger partial charge in [0, 0.05) is 0 Å². The largest absolute Gasteiger partial charge is 0.411 e. The first-order chi connectivity index (χ1) is 10.7. The van der Waals surface area contributed by atoms with Crippen LogP contribution in [0.3, 0.4) is 0 Å². The Hall–Kier alpha value is -0.903. The van der Waals surface area contributed by atoms with Gasteiger partial charge in [0.15, 0.2) is 8.32 Å². The first-order valence-corrected chi connectivity index (χ1v) is 11.6. The van der Waals surface area contributed by atoms with Gasteiger partial charge >= 0.3 is 0 Å². The Kier molecular flexibility index (Phi) is 7.72. The Bertz CT molecular complexity index is 462. The van der Waals surface area contributed by atoms with E-state index < -0.39 is 8.32 Å². The van der Waals surface area contributed by atoms with Crippen molar-refractivity contribution < 1.29 is 9.16 Å². The zero-order valence-corrected chi connectivity index (χ0v) is 16.8. The van der Waals surface area contributed by atoms with Gasteiger partial charge in [-0.2, -0.15) is 0 Å². The zero-order valence-electron chi connectivity index (χ0n) is 15.8. The first-order valence-electron chi connectivity index (χ1n) is 8.65. The van der Waals surface area contributed by atoms with Gasteiger partial charge < -0.3 is 9.16 Å². The van der Waals surface area contributed by atoms with Crippen molar-refractivity contribution in [2.45, 2.75) is 77.5 Å². The lowest BCUT2D eigenvalue weighted by Crippen LogP contribution is -2.47. The predicted molar refractivity (Wildman–Crippen MR) is 102 cm³/mol. The average molecular weight is 335 g/mol. The molecular formula is C20H34O2Si. The third kappa shape index (κ3) is 6.25. The van der Waals surface area contributed by atoms with Crippen molar-refractivity contribution in [2.75, 3.05) is 0 Å². The van der Waals surface area contributed by atoms with Crippen LogP contribution in [-0.2, 0) is 15.8 Å². The molecular weight excluding hydrogens is 300 g/mol. The zero-order chi connectivity index (χ0) is 17.5. The molecule has 0 amide bonds. The molecule has 1 rings (SSSR count). The van der Waals surface area contributed by atoms with E-state index in [1.54, 1.807) is 0 Å². The maximum atomic E-state index is 6.63. The minimum absolute atomic E-state index is 0.0853. The van der Waals surface area contributed by atoms with Gasteiger partial charge in [-0.25, -0.2) is 0 Å². The minimum atomic E-state index is -1.82. The van der Waals surface area contributed by atoms with Crippen LogP contribution in [-0.4, -0.2) is 20.5 Å². The maximum Gasteiger partial charge on any atom is 0.192 e. The summed E-state index contributed by atoms with van der Waals surface area (Å²) in [4.78, 5) is 0. The molecule has 0 aliphatic rings. The molecule has 23 heavy (non-hydrogen) atoms. The van der Waals surface area contributed by atoms with Gasteiger partial charge in [-0.1, -0.05) is 64.1 Å². The number of rotatable bonds is 9. The monoisotopic (exact) mass is 334 g/mol. The van der Waals surface area contributed by atoms with E-state index in [9.17, 15) is 0 Å². The Morgan fingerprint density at radius 2 is 1.74 bits per heavy atom.